The summed E-state index contributed by atoms with van der Waals surface area (Å²) in [7, 11) is 1.61. The Morgan fingerprint density at radius 2 is 2.00 bits per heavy atom. The maximum Gasteiger partial charge on any atom is 0.320 e. The molecule has 1 aliphatic heterocycles. The SMILES string of the molecule is COc1ccccc1CCOc1nc(N)c2ncn([C@@H]3O[C@H](CO)C(O)C3O)c2n1. The molecular weight excluding hydrogens is 394 g/mol. The third-order valence-corrected chi connectivity index (χ3v) is 5.01. The number of rotatable bonds is 7. The third kappa shape index (κ3) is 3.63. The number of fused-ring (bicyclic) bond motifs is 1. The number of hydrogen-bond acceptors (Lipinski definition) is 10. The minimum atomic E-state index is -1.27. The lowest BCUT2D eigenvalue weighted by molar-refractivity contribution is -0.0511. The first kappa shape index (κ1) is 20.3. The molecule has 1 fully saturated rings. The molecule has 0 radical (unpaired) electrons. The van der Waals surface area contributed by atoms with Gasteiger partial charge in [0.15, 0.2) is 23.2 Å². The molecular formula is C19H23N5O6. The molecule has 0 bridgehead atoms. The minimum absolute atomic E-state index is 0.0448. The number of nitrogen functional groups attached to an aromatic ring is 1. The van der Waals surface area contributed by atoms with Crippen molar-refractivity contribution in [1.29, 1.82) is 0 Å². The summed E-state index contributed by atoms with van der Waals surface area (Å²) in [6.45, 7) is -0.150. The van der Waals surface area contributed by atoms with E-state index in [0.717, 1.165) is 11.3 Å². The number of nitrogens with two attached hydrogens (primary N) is 1. The summed E-state index contributed by atoms with van der Waals surface area (Å²) in [6.07, 6.45) is -2.47. The van der Waals surface area contributed by atoms with E-state index >= 15 is 0 Å². The fourth-order valence-electron chi connectivity index (χ4n) is 3.44. The second kappa shape index (κ2) is 8.40. The molecule has 30 heavy (non-hydrogen) atoms. The Labute approximate surface area is 171 Å². The normalized spacial score (nSPS) is 23.7. The summed E-state index contributed by atoms with van der Waals surface area (Å²) in [5.41, 5.74) is 7.56. The highest BCUT2D eigenvalue weighted by molar-refractivity contribution is 5.82. The Morgan fingerprint density at radius 1 is 1.20 bits per heavy atom. The van der Waals surface area contributed by atoms with E-state index in [0.29, 0.717) is 11.9 Å². The fourth-order valence-corrected chi connectivity index (χ4v) is 3.44. The molecule has 1 aliphatic rings. The lowest BCUT2D eigenvalue weighted by Gasteiger charge is -2.16. The second-order valence-corrected chi connectivity index (χ2v) is 6.85. The van der Waals surface area contributed by atoms with Crippen LogP contribution in [0.2, 0.25) is 0 Å². The van der Waals surface area contributed by atoms with Crippen molar-refractivity contribution >= 4 is 17.0 Å². The number of benzene rings is 1. The van der Waals surface area contributed by atoms with Gasteiger partial charge in [-0.2, -0.15) is 9.97 Å². The van der Waals surface area contributed by atoms with Gasteiger partial charge in [-0.15, -0.1) is 0 Å². The Bertz CT molecular complexity index is 1030. The minimum Gasteiger partial charge on any atom is -0.496 e. The molecule has 5 N–H and O–H groups in total. The van der Waals surface area contributed by atoms with E-state index in [4.69, 9.17) is 19.9 Å². The van der Waals surface area contributed by atoms with Crippen LogP contribution in [0, 0.1) is 0 Å². The van der Waals surface area contributed by atoms with E-state index in [2.05, 4.69) is 15.0 Å². The first-order valence-corrected chi connectivity index (χ1v) is 9.40. The van der Waals surface area contributed by atoms with Crippen molar-refractivity contribution in [3.8, 4) is 11.8 Å². The van der Waals surface area contributed by atoms with Crippen LogP contribution in [0.5, 0.6) is 11.8 Å². The van der Waals surface area contributed by atoms with Crippen molar-refractivity contribution in [2.24, 2.45) is 0 Å². The number of nitrogens with zero attached hydrogens (tertiary/aromatic N) is 4. The second-order valence-electron chi connectivity index (χ2n) is 6.85. The van der Waals surface area contributed by atoms with Gasteiger partial charge in [-0.05, 0) is 11.6 Å². The Hall–Kier alpha value is -2.99. The number of aliphatic hydroxyl groups is 3. The van der Waals surface area contributed by atoms with Crippen LogP contribution >= 0.6 is 0 Å². The number of hydrogen-bond donors (Lipinski definition) is 4. The van der Waals surface area contributed by atoms with E-state index < -0.39 is 31.1 Å². The van der Waals surface area contributed by atoms with Crippen LogP contribution in [-0.2, 0) is 11.2 Å². The van der Waals surface area contributed by atoms with Gasteiger partial charge in [0.2, 0.25) is 0 Å². The van der Waals surface area contributed by atoms with E-state index in [1.54, 1.807) is 7.11 Å². The van der Waals surface area contributed by atoms with Gasteiger partial charge in [0.25, 0.3) is 0 Å². The molecule has 11 heteroatoms. The zero-order valence-electron chi connectivity index (χ0n) is 16.3. The van der Waals surface area contributed by atoms with Gasteiger partial charge in [0.05, 0.1) is 26.7 Å². The van der Waals surface area contributed by atoms with Crippen LogP contribution < -0.4 is 15.2 Å². The molecule has 0 spiro atoms. The van der Waals surface area contributed by atoms with E-state index in [9.17, 15) is 15.3 Å². The smallest absolute Gasteiger partial charge is 0.320 e. The molecule has 1 aromatic carbocycles. The summed E-state index contributed by atoms with van der Waals surface area (Å²) in [6, 6.07) is 7.66. The third-order valence-electron chi connectivity index (χ3n) is 5.01. The van der Waals surface area contributed by atoms with Gasteiger partial charge in [-0.25, -0.2) is 4.98 Å². The maximum atomic E-state index is 10.3. The monoisotopic (exact) mass is 417 g/mol. The number of aliphatic hydroxyl groups excluding tert-OH is 3. The van der Waals surface area contributed by atoms with Gasteiger partial charge in [-0.1, -0.05) is 18.2 Å². The quantitative estimate of drug-likeness (QED) is 0.400. The maximum absolute atomic E-state index is 10.3. The largest absolute Gasteiger partial charge is 0.496 e. The van der Waals surface area contributed by atoms with Crippen molar-refractivity contribution in [2.75, 3.05) is 26.1 Å². The summed E-state index contributed by atoms with van der Waals surface area (Å²) in [5.74, 6) is 0.872. The summed E-state index contributed by atoms with van der Waals surface area (Å²) in [4.78, 5) is 12.6. The van der Waals surface area contributed by atoms with Crippen molar-refractivity contribution in [3.05, 3.63) is 36.2 Å². The zero-order valence-corrected chi connectivity index (χ0v) is 16.3. The first-order valence-electron chi connectivity index (χ1n) is 9.40. The van der Waals surface area contributed by atoms with Crippen molar-refractivity contribution in [2.45, 2.75) is 31.0 Å². The topological polar surface area (TPSA) is 158 Å². The highest BCUT2D eigenvalue weighted by Gasteiger charge is 2.44. The Kier molecular flexibility index (Phi) is 5.68. The van der Waals surface area contributed by atoms with Crippen LogP contribution in [0.25, 0.3) is 11.2 Å². The summed E-state index contributed by atoms with van der Waals surface area (Å²) >= 11 is 0. The van der Waals surface area contributed by atoms with E-state index in [1.807, 2.05) is 24.3 Å². The van der Waals surface area contributed by atoms with Crippen LogP contribution in [0.3, 0.4) is 0 Å². The molecule has 4 rings (SSSR count). The number of imidazole rings is 1. The van der Waals surface area contributed by atoms with Gasteiger partial charge < -0.3 is 35.3 Å². The molecule has 160 valence electrons. The van der Waals surface area contributed by atoms with E-state index in [1.165, 1.54) is 10.9 Å². The Morgan fingerprint density at radius 3 is 2.73 bits per heavy atom. The van der Waals surface area contributed by atoms with Gasteiger partial charge in [0, 0.05) is 6.42 Å². The molecule has 0 amide bonds. The molecule has 0 saturated carbocycles. The van der Waals surface area contributed by atoms with Crippen molar-refractivity contribution in [1.82, 2.24) is 19.5 Å². The first-order chi connectivity index (χ1) is 14.5. The highest BCUT2D eigenvalue weighted by atomic mass is 16.6. The number of methoxy groups -OCH3 is 1. The number of ether oxygens (including phenoxy) is 3. The molecule has 11 nitrogen and oxygen atoms in total. The fraction of sp³-hybridized carbons (Fsp3) is 0.421. The lowest BCUT2D eigenvalue weighted by Crippen LogP contribution is -2.33. The molecule has 2 unspecified atom stereocenters. The summed E-state index contributed by atoms with van der Waals surface area (Å²) in [5, 5.41) is 29.6. The lowest BCUT2D eigenvalue weighted by atomic mass is 10.1. The highest BCUT2D eigenvalue weighted by Crippen LogP contribution is 2.32. The molecule has 2 aromatic heterocycles. The number of para-hydroxylation sites is 1. The van der Waals surface area contributed by atoms with Crippen LogP contribution in [0.4, 0.5) is 5.82 Å². The molecule has 0 aliphatic carbocycles. The van der Waals surface area contributed by atoms with Crippen molar-refractivity contribution < 1.29 is 29.5 Å². The predicted octanol–water partition coefficient (Wildman–Crippen LogP) is -0.350. The predicted molar refractivity (Wildman–Crippen MR) is 105 cm³/mol. The number of aromatic nitrogens is 4. The van der Waals surface area contributed by atoms with Crippen LogP contribution in [-0.4, -0.2) is 73.5 Å². The molecule has 3 heterocycles. The molecule has 4 atom stereocenters. The van der Waals surface area contributed by atoms with Gasteiger partial charge in [0.1, 0.15) is 24.1 Å². The number of anilines is 1. The molecule has 3 aromatic rings. The van der Waals surface area contributed by atoms with Crippen LogP contribution in [0.1, 0.15) is 11.8 Å². The average Bonchev–Trinajstić information content (AvgIpc) is 3.30. The van der Waals surface area contributed by atoms with Gasteiger partial charge >= 0.3 is 6.01 Å². The van der Waals surface area contributed by atoms with Gasteiger partial charge in [-0.3, -0.25) is 4.57 Å². The molecule has 1 saturated heterocycles. The van der Waals surface area contributed by atoms with E-state index in [-0.39, 0.29) is 24.1 Å². The zero-order chi connectivity index (χ0) is 21.3. The summed E-state index contributed by atoms with van der Waals surface area (Å²) < 4.78 is 18.0. The van der Waals surface area contributed by atoms with Crippen molar-refractivity contribution in [3.63, 3.8) is 0 Å². The standard InChI is InChI=1S/C19H23N5O6/c1-28-11-5-3-2-4-10(11)6-7-29-19-22-16(20)13-17(23-19)24(9-21-13)18-15(27)14(26)12(8-25)30-18/h2-5,9,12,14-15,18,25-27H,6-8H2,1H3,(H2,20,22,23)/t12-,14?,15?,18-/m1/s1. The van der Waals surface area contributed by atoms with Crippen LogP contribution in [0.15, 0.2) is 30.6 Å². The average molecular weight is 417 g/mol. The Balaban J connectivity index is 1.55.